The number of ether oxygens (including phenoxy) is 1. The van der Waals surface area contributed by atoms with E-state index in [0.717, 1.165) is 0 Å². The van der Waals surface area contributed by atoms with Crippen LogP contribution in [0.5, 0.6) is 5.88 Å². The lowest BCUT2D eigenvalue weighted by Crippen LogP contribution is -2.11. The van der Waals surface area contributed by atoms with Gasteiger partial charge in [0.05, 0.1) is 12.7 Å². The zero-order chi connectivity index (χ0) is 10.8. The Morgan fingerprint density at radius 3 is 2.50 bits per heavy atom. The molecule has 1 radical (unpaired) electrons. The maximum atomic E-state index is 12.2. The molecule has 0 unspecified atom stereocenters. The van der Waals surface area contributed by atoms with Gasteiger partial charge in [-0.25, -0.2) is 4.98 Å². The largest absolute Gasteiger partial charge is 0.477 e. The molecule has 0 aliphatic heterocycles. The topological polar surface area (TPSA) is 35.0 Å². The van der Waals surface area contributed by atoms with E-state index >= 15 is 0 Å². The molecular weight excluding hydrogens is 197 g/mol. The molecule has 0 aliphatic carbocycles. The summed E-state index contributed by atoms with van der Waals surface area (Å²) in [6.45, 7) is 3.26. The Hall–Kier alpha value is -1.33. The van der Waals surface area contributed by atoms with Crippen LogP contribution < -0.4 is 4.74 Å². The molecule has 0 aromatic carbocycles. The molecule has 1 rings (SSSR count). The van der Waals surface area contributed by atoms with Crippen molar-refractivity contribution in [1.29, 1.82) is 0 Å². The van der Waals surface area contributed by atoms with E-state index in [9.17, 15) is 13.2 Å². The van der Waals surface area contributed by atoms with Crippen LogP contribution in [0.2, 0.25) is 0 Å². The molecule has 1 aromatic heterocycles. The molecule has 0 bridgehead atoms. The lowest BCUT2D eigenvalue weighted by Gasteiger charge is -2.07. The molecular formula is C8H8F3N2O. The van der Waals surface area contributed by atoms with E-state index in [2.05, 4.69) is 9.97 Å². The number of halogens is 3. The summed E-state index contributed by atoms with van der Waals surface area (Å²) in [5.74, 6) is -0.160. The van der Waals surface area contributed by atoms with Crippen molar-refractivity contribution in [2.45, 2.75) is 20.0 Å². The van der Waals surface area contributed by atoms with Crippen LogP contribution in [0.4, 0.5) is 13.2 Å². The van der Waals surface area contributed by atoms with Crippen molar-refractivity contribution in [3.8, 4) is 5.88 Å². The summed E-state index contributed by atoms with van der Waals surface area (Å²) in [4.78, 5) is 6.86. The fourth-order valence-corrected chi connectivity index (χ4v) is 0.830. The van der Waals surface area contributed by atoms with E-state index in [1.807, 2.05) is 6.07 Å². The second-order valence-electron chi connectivity index (χ2n) is 2.48. The molecule has 0 aliphatic rings. The Morgan fingerprint density at radius 2 is 2.00 bits per heavy atom. The van der Waals surface area contributed by atoms with E-state index in [1.165, 1.54) is 6.92 Å². The maximum absolute atomic E-state index is 12.2. The summed E-state index contributed by atoms with van der Waals surface area (Å²) in [6.07, 6.45) is -4.51. The molecule has 1 aromatic rings. The van der Waals surface area contributed by atoms with Gasteiger partial charge in [0.25, 0.3) is 0 Å². The number of rotatable bonds is 2. The number of aryl methyl sites for hydroxylation is 1. The molecule has 77 valence electrons. The highest BCUT2D eigenvalue weighted by molar-refractivity contribution is 5.16. The van der Waals surface area contributed by atoms with Gasteiger partial charge < -0.3 is 4.74 Å². The van der Waals surface area contributed by atoms with Crippen LogP contribution in [-0.4, -0.2) is 16.6 Å². The first-order valence-corrected chi connectivity index (χ1v) is 3.91. The maximum Gasteiger partial charge on any atom is 0.434 e. The highest BCUT2D eigenvalue weighted by atomic mass is 19.4. The first kappa shape index (κ1) is 10.7. The SMILES string of the molecule is CCOc1[c]c(C(F)(F)F)nc(C)n1. The zero-order valence-electron chi connectivity index (χ0n) is 7.64. The molecule has 1 heterocycles. The lowest BCUT2D eigenvalue weighted by molar-refractivity contribution is -0.141. The molecule has 0 saturated heterocycles. The molecule has 0 N–H and O–H groups in total. The van der Waals surface area contributed by atoms with Crippen LogP contribution in [0.1, 0.15) is 18.4 Å². The zero-order valence-corrected chi connectivity index (χ0v) is 7.64. The molecule has 3 nitrogen and oxygen atoms in total. The monoisotopic (exact) mass is 205 g/mol. The van der Waals surface area contributed by atoms with E-state index < -0.39 is 11.9 Å². The van der Waals surface area contributed by atoms with Crippen molar-refractivity contribution in [2.24, 2.45) is 0 Å². The van der Waals surface area contributed by atoms with Crippen molar-refractivity contribution in [3.05, 3.63) is 17.6 Å². The van der Waals surface area contributed by atoms with E-state index in [0.29, 0.717) is 0 Å². The van der Waals surface area contributed by atoms with Gasteiger partial charge in [-0.3, -0.25) is 0 Å². The van der Waals surface area contributed by atoms with E-state index in [1.54, 1.807) is 6.92 Å². The van der Waals surface area contributed by atoms with Crippen molar-refractivity contribution in [3.63, 3.8) is 0 Å². The predicted octanol–water partition coefficient (Wildman–Crippen LogP) is 2.00. The molecule has 6 heteroatoms. The molecule has 0 fully saturated rings. The minimum Gasteiger partial charge on any atom is -0.477 e. The van der Waals surface area contributed by atoms with Crippen molar-refractivity contribution in [1.82, 2.24) is 9.97 Å². The summed E-state index contributed by atoms with van der Waals surface area (Å²) < 4.78 is 41.4. The fraction of sp³-hybridized carbons (Fsp3) is 0.500. The Labute approximate surface area is 78.9 Å². The highest BCUT2D eigenvalue weighted by Gasteiger charge is 2.34. The van der Waals surface area contributed by atoms with Crippen LogP contribution >= 0.6 is 0 Å². The van der Waals surface area contributed by atoms with Gasteiger partial charge in [-0.1, -0.05) is 0 Å². The molecule has 0 atom stereocenters. The normalized spacial score (nSPS) is 11.5. The molecule has 14 heavy (non-hydrogen) atoms. The van der Waals surface area contributed by atoms with Crippen molar-refractivity contribution < 1.29 is 17.9 Å². The van der Waals surface area contributed by atoms with Gasteiger partial charge in [-0.2, -0.15) is 18.2 Å². The summed E-state index contributed by atoms with van der Waals surface area (Å²) >= 11 is 0. The van der Waals surface area contributed by atoms with Crippen molar-refractivity contribution >= 4 is 0 Å². The molecule has 0 saturated carbocycles. The van der Waals surface area contributed by atoms with Crippen LogP contribution in [0.15, 0.2) is 0 Å². The molecule has 0 spiro atoms. The first-order chi connectivity index (χ1) is 6.43. The Bertz CT molecular complexity index is 325. The van der Waals surface area contributed by atoms with Crippen molar-refractivity contribution in [2.75, 3.05) is 6.61 Å². The quantitative estimate of drug-likeness (QED) is 0.740. The minimum atomic E-state index is -4.51. The third-order valence-electron chi connectivity index (χ3n) is 1.31. The molecule has 0 amide bonds. The summed E-state index contributed by atoms with van der Waals surface area (Å²) in [6, 6.07) is 1.96. The summed E-state index contributed by atoms with van der Waals surface area (Å²) in [5, 5.41) is 0. The fourth-order valence-electron chi connectivity index (χ4n) is 0.830. The third-order valence-corrected chi connectivity index (χ3v) is 1.31. The Morgan fingerprint density at radius 1 is 1.36 bits per heavy atom. The average Bonchev–Trinajstić information content (AvgIpc) is 2.02. The average molecular weight is 205 g/mol. The van der Waals surface area contributed by atoms with Gasteiger partial charge in [0, 0.05) is 0 Å². The van der Waals surface area contributed by atoms with Crippen LogP contribution in [0.3, 0.4) is 0 Å². The highest BCUT2D eigenvalue weighted by Crippen LogP contribution is 2.28. The number of nitrogens with zero attached hydrogens (tertiary/aromatic N) is 2. The van der Waals surface area contributed by atoms with Gasteiger partial charge in [-0.15, -0.1) is 0 Å². The summed E-state index contributed by atoms with van der Waals surface area (Å²) in [5.41, 5.74) is -1.10. The van der Waals surface area contributed by atoms with Gasteiger partial charge in [-0.05, 0) is 13.8 Å². The van der Waals surface area contributed by atoms with Crippen LogP contribution in [0, 0.1) is 13.0 Å². The second kappa shape index (κ2) is 3.81. The van der Waals surface area contributed by atoms with Crippen LogP contribution in [-0.2, 0) is 6.18 Å². The standard InChI is InChI=1S/C8H8F3N2O/c1-3-14-7-4-6(8(9,10)11)12-5(2)13-7/h3H2,1-2H3. The Balaban J connectivity index is 3.07. The number of hydrogen-bond acceptors (Lipinski definition) is 3. The lowest BCUT2D eigenvalue weighted by atomic mass is 10.4. The van der Waals surface area contributed by atoms with Gasteiger partial charge >= 0.3 is 6.18 Å². The Kier molecular flexibility index (Phi) is 2.93. The smallest absolute Gasteiger partial charge is 0.434 e. The number of alkyl halides is 3. The van der Waals surface area contributed by atoms with E-state index in [-0.39, 0.29) is 18.3 Å². The van der Waals surface area contributed by atoms with Crippen LogP contribution in [0.25, 0.3) is 0 Å². The minimum absolute atomic E-state index is 0.0134. The van der Waals surface area contributed by atoms with Gasteiger partial charge in [0.15, 0.2) is 5.69 Å². The van der Waals surface area contributed by atoms with E-state index in [4.69, 9.17) is 4.74 Å². The second-order valence-corrected chi connectivity index (χ2v) is 2.48. The number of aromatic nitrogens is 2. The first-order valence-electron chi connectivity index (χ1n) is 3.91. The number of hydrogen-bond donors (Lipinski definition) is 0. The third kappa shape index (κ3) is 2.58. The van der Waals surface area contributed by atoms with Gasteiger partial charge in [0.1, 0.15) is 5.82 Å². The predicted molar refractivity (Wildman–Crippen MR) is 41.8 cm³/mol. The van der Waals surface area contributed by atoms with Gasteiger partial charge in [0.2, 0.25) is 5.88 Å². The summed E-state index contributed by atoms with van der Waals surface area (Å²) in [7, 11) is 0.